The third-order valence-corrected chi connectivity index (χ3v) is 3.34. The van der Waals surface area contributed by atoms with E-state index in [1.165, 1.54) is 45.2 Å². The van der Waals surface area contributed by atoms with Gasteiger partial charge in [-0.05, 0) is 50.0 Å². The van der Waals surface area contributed by atoms with Crippen molar-refractivity contribution in [2.75, 3.05) is 13.1 Å². The van der Waals surface area contributed by atoms with Crippen molar-refractivity contribution >= 4 is 0 Å². The van der Waals surface area contributed by atoms with Crippen LogP contribution in [0.4, 0.5) is 0 Å². The van der Waals surface area contributed by atoms with Crippen LogP contribution in [-0.4, -0.2) is 13.1 Å². The van der Waals surface area contributed by atoms with Crippen LogP contribution in [-0.2, 0) is 0 Å². The third-order valence-electron chi connectivity index (χ3n) is 3.34. The average Bonchev–Trinajstić information content (AvgIpc) is 2.84. The number of hydrogen-bond acceptors (Lipinski definition) is 1. The molecular formula is C12H25N. The summed E-state index contributed by atoms with van der Waals surface area (Å²) in [6, 6.07) is 0. The van der Waals surface area contributed by atoms with Gasteiger partial charge in [0.1, 0.15) is 0 Å². The lowest BCUT2D eigenvalue weighted by Crippen LogP contribution is -2.24. The van der Waals surface area contributed by atoms with Gasteiger partial charge in [0.25, 0.3) is 0 Å². The van der Waals surface area contributed by atoms with Crippen molar-refractivity contribution in [3.05, 3.63) is 0 Å². The SMILES string of the molecule is CCC1(CNCCCC(C)C)CC1. The minimum Gasteiger partial charge on any atom is -0.316 e. The van der Waals surface area contributed by atoms with Gasteiger partial charge < -0.3 is 5.32 Å². The second-order valence-electron chi connectivity index (χ2n) is 5.07. The Morgan fingerprint density at radius 1 is 1.31 bits per heavy atom. The van der Waals surface area contributed by atoms with Crippen molar-refractivity contribution in [2.24, 2.45) is 11.3 Å². The van der Waals surface area contributed by atoms with Gasteiger partial charge in [0.05, 0.1) is 0 Å². The molecule has 0 amide bonds. The molecule has 0 aromatic heterocycles. The fraction of sp³-hybridized carbons (Fsp3) is 1.00. The Labute approximate surface area is 83.3 Å². The van der Waals surface area contributed by atoms with Crippen LogP contribution in [0.25, 0.3) is 0 Å². The summed E-state index contributed by atoms with van der Waals surface area (Å²) >= 11 is 0. The van der Waals surface area contributed by atoms with Crippen LogP contribution < -0.4 is 5.32 Å². The van der Waals surface area contributed by atoms with Gasteiger partial charge in [0, 0.05) is 6.54 Å². The van der Waals surface area contributed by atoms with Crippen molar-refractivity contribution in [3.8, 4) is 0 Å². The molecule has 0 spiro atoms. The summed E-state index contributed by atoms with van der Waals surface area (Å²) in [5.74, 6) is 0.864. The Morgan fingerprint density at radius 2 is 2.00 bits per heavy atom. The van der Waals surface area contributed by atoms with Crippen molar-refractivity contribution < 1.29 is 0 Å². The average molecular weight is 183 g/mol. The minimum atomic E-state index is 0.720. The molecule has 78 valence electrons. The van der Waals surface area contributed by atoms with Crippen LogP contribution in [0.2, 0.25) is 0 Å². The summed E-state index contributed by atoms with van der Waals surface area (Å²) in [6.07, 6.45) is 7.00. The molecule has 1 saturated carbocycles. The van der Waals surface area contributed by atoms with Gasteiger partial charge in [-0.3, -0.25) is 0 Å². The molecule has 0 unspecified atom stereocenters. The summed E-state index contributed by atoms with van der Waals surface area (Å²) < 4.78 is 0. The molecular weight excluding hydrogens is 158 g/mol. The maximum Gasteiger partial charge on any atom is 0.000771 e. The predicted octanol–water partition coefficient (Wildman–Crippen LogP) is 3.20. The zero-order chi connectivity index (χ0) is 9.73. The number of hydrogen-bond donors (Lipinski definition) is 1. The monoisotopic (exact) mass is 183 g/mol. The highest BCUT2D eigenvalue weighted by atomic mass is 14.9. The molecule has 13 heavy (non-hydrogen) atoms. The Hall–Kier alpha value is -0.0400. The highest BCUT2D eigenvalue weighted by molar-refractivity contribution is 4.93. The van der Waals surface area contributed by atoms with E-state index in [0.717, 1.165) is 11.3 Å². The maximum atomic E-state index is 3.59. The van der Waals surface area contributed by atoms with Gasteiger partial charge in [-0.1, -0.05) is 20.8 Å². The van der Waals surface area contributed by atoms with Crippen LogP contribution >= 0.6 is 0 Å². The molecule has 0 saturated heterocycles. The van der Waals surface area contributed by atoms with Crippen LogP contribution in [0.3, 0.4) is 0 Å². The van der Waals surface area contributed by atoms with Gasteiger partial charge in [0.2, 0.25) is 0 Å². The van der Waals surface area contributed by atoms with E-state index >= 15 is 0 Å². The highest BCUT2D eigenvalue weighted by Gasteiger charge is 2.39. The molecule has 1 aliphatic rings. The fourth-order valence-electron chi connectivity index (χ4n) is 1.82. The zero-order valence-electron chi connectivity index (χ0n) is 9.53. The minimum absolute atomic E-state index is 0.720. The van der Waals surface area contributed by atoms with E-state index in [9.17, 15) is 0 Å². The largest absolute Gasteiger partial charge is 0.316 e. The molecule has 1 fully saturated rings. The van der Waals surface area contributed by atoms with Crippen molar-refractivity contribution in [2.45, 2.75) is 52.9 Å². The first-order valence-corrected chi connectivity index (χ1v) is 5.89. The molecule has 1 heteroatoms. The second-order valence-corrected chi connectivity index (χ2v) is 5.07. The summed E-state index contributed by atoms with van der Waals surface area (Å²) in [7, 11) is 0. The molecule has 0 aromatic carbocycles. The first-order valence-electron chi connectivity index (χ1n) is 5.89. The van der Waals surface area contributed by atoms with E-state index in [1.54, 1.807) is 0 Å². The van der Waals surface area contributed by atoms with Crippen LogP contribution in [0.1, 0.15) is 52.9 Å². The second kappa shape index (κ2) is 4.99. The molecule has 0 heterocycles. The molecule has 1 aliphatic carbocycles. The van der Waals surface area contributed by atoms with Crippen LogP contribution in [0, 0.1) is 11.3 Å². The Balaban J connectivity index is 1.90. The molecule has 1 N–H and O–H groups in total. The topological polar surface area (TPSA) is 12.0 Å². The van der Waals surface area contributed by atoms with E-state index in [4.69, 9.17) is 0 Å². The molecule has 0 aromatic rings. The first-order chi connectivity index (χ1) is 6.18. The lowest BCUT2D eigenvalue weighted by atomic mass is 10.0. The third kappa shape index (κ3) is 4.12. The predicted molar refractivity (Wildman–Crippen MR) is 58.9 cm³/mol. The lowest BCUT2D eigenvalue weighted by molar-refractivity contribution is 0.431. The maximum absolute atomic E-state index is 3.59. The lowest BCUT2D eigenvalue weighted by Gasteiger charge is -2.13. The summed E-state index contributed by atoms with van der Waals surface area (Å²) in [5, 5.41) is 3.59. The van der Waals surface area contributed by atoms with Gasteiger partial charge in [0.15, 0.2) is 0 Å². The smallest absolute Gasteiger partial charge is 0.000771 e. The molecule has 1 nitrogen and oxygen atoms in total. The van der Waals surface area contributed by atoms with Gasteiger partial charge in [-0.25, -0.2) is 0 Å². The molecule has 0 radical (unpaired) electrons. The highest BCUT2D eigenvalue weighted by Crippen LogP contribution is 2.47. The summed E-state index contributed by atoms with van der Waals surface area (Å²) in [4.78, 5) is 0. The molecule has 0 bridgehead atoms. The quantitative estimate of drug-likeness (QED) is 0.598. The standard InChI is InChI=1S/C12H25N/c1-4-12(7-8-12)10-13-9-5-6-11(2)3/h11,13H,4-10H2,1-3H3. The zero-order valence-corrected chi connectivity index (χ0v) is 9.53. The summed E-state index contributed by atoms with van der Waals surface area (Å²) in [5.41, 5.74) is 0.720. The van der Waals surface area contributed by atoms with E-state index in [0.29, 0.717) is 0 Å². The Morgan fingerprint density at radius 3 is 2.46 bits per heavy atom. The van der Waals surface area contributed by atoms with E-state index in [-0.39, 0.29) is 0 Å². The van der Waals surface area contributed by atoms with Crippen LogP contribution in [0.5, 0.6) is 0 Å². The fourth-order valence-corrected chi connectivity index (χ4v) is 1.82. The van der Waals surface area contributed by atoms with E-state index in [1.807, 2.05) is 0 Å². The van der Waals surface area contributed by atoms with Crippen molar-refractivity contribution in [1.29, 1.82) is 0 Å². The molecule has 0 aliphatic heterocycles. The molecule has 1 rings (SSSR count). The van der Waals surface area contributed by atoms with E-state index < -0.39 is 0 Å². The van der Waals surface area contributed by atoms with Gasteiger partial charge >= 0.3 is 0 Å². The van der Waals surface area contributed by atoms with Crippen molar-refractivity contribution in [1.82, 2.24) is 5.32 Å². The first kappa shape index (κ1) is 11.0. The van der Waals surface area contributed by atoms with Gasteiger partial charge in [-0.2, -0.15) is 0 Å². The van der Waals surface area contributed by atoms with Crippen LogP contribution in [0.15, 0.2) is 0 Å². The summed E-state index contributed by atoms with van der Waals surface area (Å²) in [6.45, 7) is 9.41. The van der Waals surface area contributed by atoms with Gasteiger partial charge in [-0.15, -0.1) is 0 Å². The Bertz CT molecular complexity index is 136. The molecule has 0 atom stereocenters. The van der Waals surface area contributed by atoms with E-state index in [2.05, 4.69) is 26.1 Å². The van der Waals surface area contributed by atoms with Crippen molar-refractivity contribution in [3.63, 3.8) is 0 Å². The normalized spacial score (nSPS) is 19.4. The Kier molecular flexibility index (Phi) is 4.24. The number of rotatable bonds is 7. The number of nitrogens with one attached hydrogen (secondary N) is 1.